The molecule has 1 fully saturated rings. The zero-order chi connectivity index (χ0) is 23.5. The van der Waals surface area contributed by atoms with Crippen molar-refractivity contribution in [1.82, 2.24) is 4.90 Å². The molecule has 1 saturated heterocycles. The number of hydrogen-bond acceptors (Lipinski definition) is 5. The smallest absolute Gasteiger partial charge is 0.282 e. The molecule has 2 aliphatic heterocycles. The Labute approximate surface area is 193 Å². The molecule has 1 atom stereocenters. The van der Waals surface area contributed by atoms with Gasteiger partial charge in [-0.2, -0.15) is 0 Å². The lowest BCUT2D eigenvalue weighted by Gasteiger charge is -2.34. The number of likely N-dealkylation sites (tertiary alicyclic amines) is 1. The van der Waals surface area contributed by atoms with Crippen LogP contribution in [0.15, 0.2) is 54.2 Å². The summed E-state index contributed by atoms with van der Waals surface area (Å²) in [6, 6.07) is 13.1. The van der Waals surface area contributed by atoms with E-state index in [2.05, 4.69) is 18.7 Å². The number of carbonyl (C=O) groups is 2. The SMILES string of the molecule is CCN(CC)c1ccc(N2C(=O)C(c3ccc(F)cc3)=C(N3CCCC(CO)C3)C2=O)cc1. The van der Waals surface area contributed by atoms with E-state index in [9.17, 15) is 19.1 Å². The van der Waals surface area contributed by atoms with Crippen molar-refractivity contribution in [3.05, 3.63) is 65.6 Å². The number of carbonyl (C=O) groups excluding carboxylic acids is 2. The number of anilines is 2. The molecule has 1 unspecified atom stereocenters. The van der Waals surface area contributed by atoms with Gasteiger partial charge < -0.3 is 14.9 Å². The van der Waals surface area contributed by atoms with Crippen LogP contribution in [0.1, 0.15) is 32.3 Å². The number of hydrogen-bond donors (Lipinski definition) is 1. The predicted molar refractivity (Wildman–Crippen MR) is 127 cm³/mol. The predicted octanol–water partition coefficient (Wildman–Crippen LogP) is 3.66. The third-order valence-corrected chi connectivity index (χ3v) is 6.52. The summed E-state index contributed by atoms with van der Waals surface area (Å²) in [7, 11) is 0. The first kappa shape index (κ1) is 23.0. The fourth-order valence-corrected chi connectivity index (χ4v) is 4.74. The first-order valence-corrected chi connectivity index (χ1v) is 11.6. The Bertz CT molecular complexity index is 1050. The maximum atomic E-state index is 13.7. The highest BCUT2D eigenvalue weighted by molar-refractivity contribution is 6.45. The molecule has 2 aliphatic rings. The fourth-order valence-electron chi connectivity index (χ4n) is 4.74. The van der Waals surface area contributed by atoms with Crippen molar-refractivity contribution in [3.8, 4) is 0 Å². The van der Waals surface area contributed by atoms with Gasteiger partial charge in [-0.05, 0) is 74.6 Å². The van der Waals surface area contributed by atoms with Crippen molar-refractivity contribution >= 4 is 28.8 Å². The Morgan fingerprint density at radius 1 is 1.00 bits per heavy atom. The quantitative estimate of drug-likeness (QED) is 0.651. The van der Waals surface area contributed by atoms with Gasteiger partial charge in [0.05, 0.1) is 11.3 Å². The first-order chi connectivity index (χ1) is 16.0. The molecule has 4 rings (SSSR count). The first-order valence-electron chi connectivity index (χ1n) is 11.6. The molecule has 0 radical (unpaired) electrons. The average Bonchev–Trinajstić information content (AvgIpc) is 3.11. The molecule has 0 aromatic heterocycles. The van der Waals surface area contributed by atoms with Crippen LogP contribution in [0, 0.1) is 11.7 Å². The van der Waals surface area contributed by atoms with Gasteiger partial charge in [-0.1, -0.05) is 12.1 Å². The number of amides is 2. The number of imide groups is 1. The van der Waals surface area contributed by atoms with Gasteiger partial charge in [0.25, 0.3) is 11.8 Å². The summed E-state index contributed by atoms with van der Waals surface area (Å²) in [4.78, 5) is 32.6. The Morgan fingerprint density at radius 3 is 2.27 bits per heavy atom. The van der Waals surface area contributed by atoms with E-state index < -0.39 is 11.7 Å². The Hall–Kier alpha value is -3.19. The van der Waals surface area contributed by atoms with Gasteiger partial charge in [0.2, 0.25) is 0 Å². The highest BCUT2D eigenvalue weighted by Gasteiger charge is 2.43. The lowest BCUT2D eigenvalue weighted by Crippen LogP contribution is -2.40. The molecule has 2 heterocycles. The second-order valence-corrected chi connectivity index (χ2v) is 8.50. The summed E-state index contributed by atoms with van der Waals surface area (Å²) in [6.07, 6.45) is 1.70. The summed E-state index contributed by atoms with van der Waals surface area (Å²) in [5.41, 5.74) is 2.66. The lowest BCUT2D eigenvalue weighted by atomic mass is 9.97. The number of benzene rings is 2. The molecule has 0 spiro atoms. The average molecular weight is 452 g/mol. The van der Waals surface area contributed by atoms with Crippen LogP contribution in [0.2, 0.25) is 0 Å². The van der Waals surface area contributed by atoms with Gasteiger partial charge in [0.15, 0.2) is 0 Å². The molecule has 174 valence electrons. The van der Waals surface area contributed by atoms with Gasteiger partial charge in [0.1, 0.15) is 11.5 Å². The number of rotatable bonds is 7. The molecule has 7 heteroatoms. The summed E-state index contributed by atoms with van der Waals surface area (Å²) in [5, 5.41) is 9.67. The number of nitrogens with zero attached hydrogens (tertiary/aromatic N) is 3. The maximum Gasteiger partial charge on any atom is 0.282 e. The molecular formula is C26H30FN3O3. The minimum Gasteiger partial charge on any atom is -0.396 e. The monoisotopic (exact) mass is 451 g/mol. The summed E-state index contributed by atoms with van der Waals surface area (Å²) in [5.74, 6) is -1.15. The van der Waals surface area contributed by atoms with E-state index in [0.717, 1.165) is 31.6 Å². The second kappa shape index (κ2) is 9.75. The number of piperidine rings is 1. The number of halogens is 1. The molecule has 0 saturated carbocycles. The van der Waals surface area contributed by atoms with Crippen LogP contribution in [0.25, 0.3) is 5.57 Å². The minimum atomic E-state index is -0.414. The summed E-state index contributed by atoms with van der Waals surface area (Å²) >= 11 is 0. The van der Waals surface area contributed by atoms with Gasteiger partial charge in [-0.3, -0.25) is 9.59 Å². The second-order valence-electron chi connectivity index (χ2n) is 8.50. The van der Waals surface area contributed by atoms with Crippen molar-refractivity contribution in [2.24, 2.45) is 5.92 Å². The summed E-state index contributed by atoms with van der Waals surface area (Å²) in [6.45, 7) is 7.04. The lowest BCUT2D eigenvalue weighted by molar-refractivity contribution is -0.120. The van der Waals surface area contributed by atoms with Crippen LogP contribution in [-0.4, -0.2) is 54.6 Å². The van der Waals surface area contributed by atoms with Gasteiger partial charge in [-0.25, -0.2) is 9.29 Å². The largest absolute Gasteiger partial charge is 0.396 e. The summed E-state index contributed by atoms with van der Waals surface area (Å²) < 4.78 is 13.6. The van der Waals surface area contributed by atoms with Crippen molar-refractivity contribution in [2.45, 2.75) is 26.7 Å². The molecule has 0 bridgehead atoms. The minimum absolute atomic E-state index is 0.0360. The Kier molecular flexibility index (Phi) is 6.79. The molecule has 6 nitrogen and oxygen atoms in total. The van der Waals surface area contributed by atoms with Crippen LogP contribution in [0.5, 0.6) is 0 Å². The van der Waals surface area contributed by atoms with Crippen molar-refractivity contribution in [3.63, 3.8) is 0 Å². The molecule has 2 aromatic carbocycles. The molecule has 0 aliphatic carbocycles. The normalized spacial score (nSPS) is 19.0. The van der Waals surface area contributed by atoms with Crippen LogP contribution in [-0.2, 0) is 9.59 Å². The van der Waals surface area contributed by atoms with Crippen LogP contribution in [0.3, 0.4) is 0 Å². The highest BCUT2D eigenvalue weighted by Crippen LogP contribution is 2.37. The highest BCUT2D eigenvalue weighted by atomic mass is 19.1. The fraction of sp³-hybridized carbons (Fsp3) is 0.385. The molecular weight excluding hydrogens is 421 g/mol. The van der Waals surface area contributed by atoms with E-state index >= 15 is 0 Å². The molecule has 1 N–H and O–H groups in total. The van der Waals surface area contributed by atoms with E-state index in [-0.39, 0.29) is 24.0 Å². The van der Waals surface area contributed by atoms with Gasteiger partial charge in [0, 0.05) is 38.5 Å². The van der Waals surface area contributed by atoms with E-state index in [1.54, 1.807) is 12.1 Å². The number of aliphatic hydroxyl groups excluding tert-OH is 1. The third-order valence-electron chi connectivity index (χ3n) is 6.52. The van der Waals surface area contributed by atoms with Gasteiger partial charge in [-0.15, -0.1) is 0 Å². The van der Waals surface area contributed by atoms with Crippen LogP contribution < -0.4 is 9.80 Å². The van der Waals surface area contributed by atoms with Crippen molar-refractivity contribution in [1.29, 1.82) is 0 Å². The molecule has 2 amide bonds. The molecule has 33 heavy (non-hydrogen) atoms. The van der Waals surface area contributed by atoms with Gasteiger partial charge >= 0.3 is 0 Å². The Morgan fingerprint density at radius 2 is 1.67 bits per heavy atom. The molecule has 2 aromatic rings. The van der Waals surface area contributed by atoms with Crippen molar-refractivity contribution < 1.29 is 19.1 Å². The van der Waals surface area contributed by atoms with E-state index in [0.29, 0.717) is 30.0 Å². The van der Waals surface area contributed by atoms with Crippen LogP contribution >= 0.6 is 0 Å². The zero-order valence-corrected chi connectivity index (χ0v) is 19.1. The maximum absolute atomic E-state index is 13.7. The standard InChI is InChI=1S/C26H30FN3O3/c1-3-28(4-2)21-11-13-22(14-12-21)30-25(32)23(19-7-9-20(27)10-8-19)24(26(30)33)29-15-5-6-18(16-29)17-31/h7-14,18,31H,3-6,15-17H2,1-2H3. The zero-order valence-electron chi connectivity index (χ0n) is 19.1. The third kappa shape index (κ3) is 4.37. The van der Waals surface area contributed by atoms with E-state index in [4.69, 9.17) is 0 Å². The number of aliphatic hydroxyl groups is 1. The van der Waals surface area contributed by atoms with E-state index in [1.165, 1.54) is 29.2 Å². The van der Waals surface area contributed by atoms with Crippen molar-refractivity contribution in [2.75, 3.05) is 42.6 Å². The van der Waals surface area contributed by atoms with Crippen LogP contribution in [0.4, 0.5) is 15.8 Å². The van der Waals surface area contributed by atoms with E-state index in [1.807, 2.05) is 17.0 Å². The Balaban J connectivity index is 1.74. The topological polar surface area (TPSA) is 64.1 Å².